The van der Waals surface area contributed by atoms with Gasteiger partial charge in [-0.3, -0.25) is 9.78 Å². The highest BCUT2D eigenvalue weighted by Crippen LogP contribution is 2.10. The molecule has 0 aromatic carbocycles. The molecule has 5 heteroatoms. The van der Waals surface area contributed by atoms with Crippen molar-refractivity contribution in [3.63, 3.8) is 0 Å². The molecule has 16 heavy (non-hydrogen) atoms. The summed E-state index contributed by atoms with van der Waals surface area (Å²) in [5, 5.41) is 2.79. The Morgan fingerprint density at radius 3 is 3.06 bits per heavy atom. The normalized spacial score (nSPS) is 19.7. The van der Waals surface area contributed by atoms with Crippen LogP contribution < -0.4 is 5.32 Å². The third kappa shape index (κ3) is 2.76. The zero-order chi connectivity index (χ0) is 11.4. The predicted octanol–water partition coefficient (Wildman–Crippen LogP) is 0.694. The summed E-state index contributed by atoms with van der Waals surface area (Å²) in [6, 6.07) is 0. The van der Waals surface area contributed by atoms with Crippen molar-refractivity contribution in [2.45, 2.75) is 25.9 Å². The Hall–Kier alpha value is -1.49. The van der Waals surface area contributed by atoms with Crippen LogP contribution in [0.15, 0.2) is 12.4 Å². The third-order valence-corrected chi connectivity index (χ3v) is 2.53. The second-order valence-electron chi connectivity index (χ2n) is 3.89. The van der Waals surface area contributed by atoms with Crippen LogP contribution in [0, 0.1) is 6.92 Å². The first-order valence-electron chi connectivity index (χ1n) is 5.44. The molecule has 5 nitrogen and oxygen atoms in total. The van der Waals surface area contributed by atoms with Gasteiger partial charge in [0.25, 0.3) is 5.91 Å². The quantitative estimate of drug-likeness (QED) is 0.815. The van der Waals surface area contributed by atoms with Gasteiger partial charge in [-0.1, -0.05) is 0 Å². The Labute approximate surface area is 94.2 Å². The van der Waals surface area contributed by atoms with Crippen LogP contribution in [0.25, 0.3) is 0 Å². The molecule has 2 rings (SSSR count). The number of rotatable bonds is 3. The fourth-order valence-corrected chi connectivity index (χ4v) is 1.61. The minimum atomic E-state index is -0.192. The van der Waals surface area contributed by atoms with Crippen LogP contribution >= 0.6 is 0 Å². The van der Waals surface area contributed by atoms with Crippen LogP contribution in [0.5, 0.6) is 0 Å². The Balaban J connectivity index is 1.85. The van der Waals surface area contributed by atoms with Crippen molar-refractivity contribution >= 4 is 5.91 Å². The standard InChI is InChI=1S/C11H15N3O2/c1-8-5-13-10(7-12-8)11(15)14-6-9-3-2-4-16-9/h5,7,9H,2-4,6H2,1H3,(H,14,15)/t9-/m0/s1. The molecule has 1 saturated heterocycles. The molecule has 1 amide bonds. The van der Waals surface area contributed by atoms with E-state index in [2.05, 4.69) is 15.3 Å². The van der Waals surface area contributed by atoms with E-state index in [1.807, 2.05) is 6.92 Å². The molecule has 0 unspecified atom stereocenters. The molecule has 1 aromatic heterocycles. The number of amides is 1. The Kier molecular flexibility index (Phi) is 3.46. The summed E-state index contributed by atoms with van der Waals surface area (Å²) in [7, 11) is 0. The van der Waals surface area contributed by atoms with Crippen molar-refractivity contribution in [3.8, 4) is 0 Å². The van der Waals surface area contributed by atoms with E-state index in [-0.39, 0.29) is 12.0 Å². The van der Waals surface area contributed by atoms with E-state index in [4.69, 9.17) is 4.74 Å². The minimum absolute atomic E-state index is 0.155. The highest BCUT2D eigenvalue weighted by atomic mass is 16.5. The third-order valence-electron chi connectivity index (χ3n) is 2.53. The summed E-state index contributed by atoms with van der Waals surface area (Å²) < 4.78 is 5.41. The molecule has 1 aromatic rings. The van der Waals surface area contributed by atoms with Gasteiger partial charge in [-0.2, -0.15) is 0 Å². The summed E-state index contributed by atoms with van der Waals surface area (Å²) in [5.41, 5.74) is 1.15. The molecule has 2 heterocycles. The molecule has 1 aliphatic rings. The average Bonchev–Trinajstić information content (AvgIpc) is 2.80. The molecule has 0 radical (unpaired) electrons. The number of ether oxygens (including phenoxy) is 1. The van der Waals surface area contributed by atoms with Crippen molar-refractivity contribution in [3.05, 3.63) is 23.8 Å². The second-order valence-corrected chi connectivity index (χ2v) is 3.89. The van der Waals surface area contributed by atoms with Crippen molar-refractivity contribution < 1.29 is 9.53 Å². The summed E-state index contributed by atoms with van der Waals surface area (Å²) in [6.45, 7) is 3.18. The fraction of sp³-hybridized carbons (Fsp3) is 0.545. The largest absolute Gasteiger partial charge is 0.376 e. The lowest BCUT2D eigenvalue weighted by molar-refractivity contribution is 0.0853. The number of hydrogen-bond acceptors (Lipinski definition) is 4. The number of nitrogens with zero attached hydrogens (tertiary/aromatic N) is 2. The lowest BCUT2D eigenvalue weighted by Crippen LogP contribution is -2.32. The van der Waals surface area contributed by atoms with Crippen LogP contribution in [0.4, 0.5) is 0 Å². The Morgan fingerprint density at radius 2 is 2.44 bits per heavy atom. The monoisotopic (exact) mass is 221 g/mol. The van der Waals surface area contributed by atoms with Gasteiger partial charge in [-0.25, -0.2) is 4.98 Å². The van der Waals surface area contributed by atoms with Gasteiger partial charge in [0, 0.05) is 19.3 Å². The molecule has 1 atom stereocenters. The maximum atomic E-state index is 11.6. The Bertz CT molecular complexity index is 358. The minimum Gasteiger partial charge on any atom is -0.376 e. The SMILES string of the molecule is Cc1cnc(C(=O)NC[C@@H]2CCCO2)cn1. The zero-order valence-corrected chi connectivity index (χ0v) is 9.27. The van der Waals surface area contributed by atoms with E-state index in [0.29, 0.717) is 12.2 Å². The predicted molar refractivity (Wildman–Crippen MR) is 58.1 cm³/mol. The maximum absolute atomic E-state index is 11.6. The summed E-state index contributed by atoms with van der Waals surface area (Å²) in [6.07, 6.45) is 5.31. The summed E-state index contributed by atoms with van der Waals surface area (Å²) >= 11 is 0. The fourth-order valence-electron chi connectivity index (χ4n) is 1.61. The van der Waals surface area contributed by atoms with E-state index >= 15 is 0 Å². The first-order valence-corrected chi connectivity index (χ1v) is 5.44. The van der Waals surface area contributed by atoms with Crippen LogP contribution in [-0.4, -0.2) is 35.1 Å². The zero-order valence-electron chi connectivity index (χ0n) is 9.27. The number of nitrogens with one attached hydrogen (secondary N) is 1. The van der Waals surface area contributed by atoms with E-state index in [1.54, 1.807) is 6.20 Å². The lowest BCUT2D eigenvalue weighted by Gasteiger charge is -2.10. The number of carbonyl (C=O) groups excluding carboxylic acids is 1. The molecule has 1 N–H and O–H groups in total. The highest BCUT2D eigenvalue weighted by molar-refractivity contribution is 5.91. The van der Waals surface area contributed by atoms with Crippen molar-refractivity contribution in [2.24, 2.45) is 0 Å². The van der Waals surface area contributed by atoms with Gasteiger partial charge in [0.1, 0.15) is 5.69 Å². The van der Waals surface area contributed by atoms with Gasteiger partial charge in [-0.15, -0.1) is 0 Å². The maximum Gasteiger partial charge on any atom is 0.271 e. The molecule has 0 aliphatic carbocycles. The summed E-state index contributed by atoms with van der Waals surface area (Å²) in [4.78, 5) is 19.7. The molecule has 0 saturated carbocycles. The number of aryl methyl sites for hydroxylation is 1. The van der Waals surface area contributed by atoms with Gasteiger partial charge in [0.2, 0.25) is 0 Å². The topological polar surface area (TPSA) is 64.1 Å². The lowest BCUT2D eigenvalue weighted by atomic mass is 10.2. The van der Waals surface area contributed by atoms with Crippen LogP contribution in [0.3, 0.4) is 0 Å². The van der Waals surface area contributed by atoms with Gasteiger partial charge in [-0.05, 0) is 19.8 Å². The van der Waals surface area contributed by atoms with Crippen molar-refractivity contribution in [1.82, 2.24) is 15.3 Å². The van der Waals surface area contributed by atoms with E-state index in [0.717, 1.165) is 25.1 Å². The van der Waals surface area contributed by atoms with Crippen LogP contribution in [-0.2, 0) is 4.74 Å². The smallest absolute Gasteiger partial charge is 0.271 e. The molecule has 1 fully saturated rings. The highest BCUT2D eigenvalue weighted by Gasteiger charge is 2.16. The molecule has 1 aliphatic heterocycles. The van der Waals surface area contributed by atoms with Crippen molar-refractivity contribution in [1.29, 1.82) is 0 Å². The van der Waals surface area contributed by atoms with E-state index in [9.17, 15) is 4.79 Å². The Morgan fingerprint density at radius 1 is 1.56 bits per heavy atom. The van der Waals surface area contributed by atoms with Crippen LogP contribution in [0.2, 0.25) is 0 Å². The van der Waals surface area contributed by atoms with Crippen molar-refractivity contribution in [2.75, 3.05) is 13.2 Å². The first-order chi connectivity index (χ1) is 7.75. The number of hydrogen-bond donors (Lipinski definition) is 1. The second kappa shape index (κ2) is 5.03. The number of carbonyl (C=O) groups is 1. The van der Waals surface area contributed by atoms with Gasteiger partial charge < -0.3 is 10.1 Å². The number of aromatic nitrogens is 2. The molecule has 86 valence electrons. The molecule has 0 bridgehead atoms. The summed E-state index contributed by atoms with van der Waals surface area (Å²) in [5.74, 6) is -0.192. The van der Waals surface area contributed by atoms with Crippen LogP contribution in [0.1, 0.15) is 29.0 Å². The molecular weight excluding hydrogens is 206 g/mol. The van der Waals surface area contributed by atoms with E-state index in [1.165, 1.54) is 6.20 Å². The molecule has 0 spiro atoms. The first kappa shape index (κ1) is 11.0. The van der Waals surface area contributed by atoms with Gasteiger partial charge >= 0.3 is 0 Å². The van der Waals surface area contributed by atoms with Gasteiger partial charge in [0.15, 0.2) is 0 Å². The molecular formula is C11H15N3O2. The van der Waals surface area contributed by atoms with Gasteiger partial charge in [0.05, 0.1) is 18.0 Å². The average molecular weight is 221 g/mol. The van der Waals surface area contributed by atoms with E-state index < -0.39 is 0 Å².